The van der Waals surface area contributed by atoms with Crippen LogP contribution >= 0.6 is 0 Å². The Balaban J connectivity index is 0.000000112. The van der Waals surface area contributed by atoms with Crippen LogP contribution in [0.15, 0.2) is 479 Å². The minimum absolute atomic E-state index is 0.0900. The predicted molar refractivity (Wildman–Crippen MR) is 548 cm³/mol. The van der Waals surface area contributed by atoms with E-state index >= 15 is 0 Å². The summed E-state index contributed by atoms with van der Waals surface area (Å²) in [6.45, 7) is 4.59. The van der Waals surface area contributed by atoms with Crippen LogP contribution in [0.4, 0.5) is 0 Å². The fraction of sp³-hybridized carbons (Fsp3) is 0.0397. The molecule has 3 heterocycles. The maximum atomic E-state index is 5.20. The van der Waals surface area contributed by atoms with E-state index in [4.69, 9.17) is 44.9 Å². The second kappa shape index (κ2) is 33.8. The van der Waals surface area contributed by atoms with Gasteiger partial charge in [0.1, 0.15) is 0 Å². The van der Waals surface area contributed by atoms with Crippen molar-refractivity contribution in [3.63, 3.8) is 0 Å². The van der Waals surface area contributed by atoms with Gasteiger partial charge in [-0.05, 0) is 151 Å². The molecule has 19 aromatic carbocycles. The third-order valence-corrected chi connectivity index (χ3v) is 27.3. The highest BCUT2D eigenvalue weighted by atomic mass is 15.1. The van der Waals surface area contributed by atoms with Gasteiger partial charge in [0.25, 0.3) is 0 Å². The van der Waals surface area contributed by atoms with E-state index in [9.17, 15) is 0 Å². The standard InChI is InChI=1S/C46H29N3.C44H29N3.C36H27N3/c1-3-13-30(14-4-1)31-23-25-33(26-24-31)44-47-43(32-15-5-2-6-16-32)48-45(49-44)34-27-28-38-37-19-9-12-22-41(37)46(42(38)29-34)39-20-10-7-17-35(39)36-18-8-11-21-40(36)46;1-4-16-31(17-5-1)41-45-42(47-43(46-41)38-25-14-18-30-15-10-11-23-35(30)38)32-27-28-37-36-24-12-13-26-39(36)44(40(37)29-32,33-19-6-2-7-20-33)34-21-8-3-9-22-34;1-36(2)31-16-10-9-15-29(31)30-22-21-28(23-32(30)36)35-38-33(26-13-7-4-8-14-26)37-34(39-35)27-19-17-25(18-20-27)24-11-5-3-6-12-24/h1-29H;1-29H;3-23H,1-2H3. The lowest BCUT2D eigenvalue weighted by atomic mass is 9.67. The molecule has 0 fully saturated rings. The van der Waals surface area contributed by atoms with Gasteiger partial charge >= 0.3 is 0 Å². The Hall–Kier alpha value is -17.5. The Bertz CT molecular complexity index is 8170. The second-order valence-corrected chi connectivity index (χ2v) is 35.3. The van der Waals surface area contributed by atoms with Gasteiger partial charge < -0.3 is 0 Å². The van der Waals surface area contributed by atoms with Crippen LogP contribution in [0.25, 0.3) is 180 Å². The molecule has 0 unspecified atom stereocenters. The minimum atomic E-state index is -0.502. The van der Waals surface area contributed by atoms with Gasteiger partial charge in [-0.25, -0.2) is 44.9 Å². The van der Waals surface area contributed by atoms with Crippen LogP contribution in [0.2, 0.25) is 0 Å². The average Bonchev–Trinajstić information content (AvgIpc) is 1.53. The summed E-state index contributed by atoms with van der Waals surface area (Å²) in [4.78, 5) is 45.5. The molecular formula is C126H85N9. The van der Waals surface area contributed by atoms with Gasteiger partial charge in [-0.1, -0.05) is 475 Å². The smallest absolute Gasteiger partial charge is 0.164 e. The van der Waals surface area contributed by atoms with Gasteiger partial charge in [0.2, 0.25) is 0 Å². The van der Waals surface area contributed by atoms with Gasteiger partial charge in [0.05, 0.1) is 10.8 Å². The van der Waals surface area contributed by atoms with Crippen LogP contribution < -0.4 is 0 Å². The van der Waals surface area contributed by atoms with Crippen molar-refractivity contribution in [2.45, 2.75) is 30.1 Å². The summed E-state index contributed by atoms with van der Waals surface area (Å²) in [5.41, 5.74) is 35.4. The van der Waals surface area contributed by atoms with Crippen LogP contribution in [0, 0.1) is 0 Å². The molecule has 9 heteroatoms. The molecule has 22 aromatic rings. The summed E-state index contributed by atoms with van der Waals surface area (Å²) >= 11 is 0. The molecule has 26 rings (SSSR count). The first-order valence-electron chi connectivity index (χ1n) is 46.0. The Kier molecular flexibility index (Phi) is 20.2. The van der Waals surface area contributed by atoms with E-state index in [1.54, 1.807) is 0 Å². The highest BCUT2D eigenvalue weighted by molar-refractivity contribution is 5.98. The van der Waals surface area contributed by atoms with Crippen molar-refractivity contribution in [1.29, 1.82) is 0 Å². The van der Waals surface area contributed by atoms with Gasteiger partial charge in [-0.15, -0.1) is 0 Å². The molecule has 1 spiro atoms. The van der Waals surface area contributed by atoms with E-state index in [1.807, 2.05) is 78.9 Å². The Morgan fingerprint density at radius 1 is 0.141 bits per heavy atom. The maximum Gasteiger partial charge on any atom is 0.164 e. The van der Waals surface area contributed by atoms with Crippen molar-refractivity contribution >= 4 is 10.8 Å². The third kappa shape index (κ3) is 14.1. The zero-order valence-electron chi connectivity index (χ0n) is 74.1. The highest BCUT2D eigenvalue weighted by Crippen LogP contribution is 2.64. The van der Waals surface area contributed by atoms with Crippen LogP contribution in [0.5, 0.6) is 0 Å². The summed E-state index contributed by atoms with van der Waals surface area (Å²) in [7, 11) is 0. The second-order valence-electron chi connectivity index (χ2n) is 35.3. The SMILES string of the molecule is CC1(C)c2ccccc2-c2ccc(-c3nc(-c4ccccc4)nc(-c4ccc(-c5ccccc5)cc4)n3)cc21.c1ccc(-c2ccc(-c3nc(-c4ccccc4)nc(-c4ccc5c(c4)C4(c6ccccc6-c6ccccc64)c4ccccc4-5)n3)cc2)cc1.c1ccc(-c2nc(-c3ccc4c(c3)C(c3ccccc3)(c3ccccc3)c3ccccc3-4)nc(-c3cccc4ccccc34)n2)cc1. The third-order valence-electron chi connectivity index (χ3n) is 27.3. The molecule has 135 heavy (non-hydrogen) atoms. The van der Waals surface area contributed by atoms with Gasteiger partial charge in [0.15, 0.2) is 52.4 Å². The van der Waals surface area contributed by atoms with Crippen LogP contribution in [-0.2, 0) is 16.2 Å². The van der Waals surface area contributed by atoms with Crippen molar-refractivity contribution in [1.82, 2.24) is 44.9 Å². The fourth-order valence-corrected chi connectivity index (χ4v) is 21.0. The van der Waals surface area contributed by atoms with Gasteiger partial charge in [-0.3, -0.25) is 0 Å². The number of rotatable bonds is 13. The van der Waals surface area contributed by atoms with Crippen molar-refractivity contribution in [3.05, 3.63) is 535 Å². The predicted octanol–water partition coefficient (Wildman–Crippen LogP) is 30.1. The summed E-state index contributed by atoms with van der Waals surface area (Å²) in [6.07, 6.45) is 0. The summed E-state index contributed by atoms with van der Waals surface area (Å²) in [6, 6.07) is 169. The summed E-state index contributed by atoms with van der Waals surface area (Å²) in [5.74, 6) is 5.95. The average molecular weight is 1730 g/mol. The van der Waals surface area contributed by atoms with E-state index in [0.29, 0.717) is 52.4 Å². The van der Waals surface area contributed by atoms with E-state index in [0.717, 1.165) is 72.0 Å². The van der Waals surface area contributed by atoms with Crippen molar-refractivity contribution in [2.75, 3.05) is 0 Å². The Morgan fingerprint density at radius 2 is 0.363 bits per heavy atom. The van der Waals surface area contributed by atoms with E-state index < -0.39 is 10.8 Å². The molecule has 0 saturated carbocycles. The van der Waals surface area contributed by atoms with Gasteiger partial charge in [-0.2, -0.15) is 0 Å². The molecule has 0 atom stereocenters. The number of benzene rings is 19. The summed E-state index contributed by atoms with van der Waals surface area (Å²) in [5, 5.41) is 2.27. The number of aromatic nitrogens is 9. The number of fused-ring (bicyclic) bond motifs is 17. The first-order chi connectivity index (χ1) is 66.7. The zero-order chi connectivity index (χ0) is 90.0. The molecule has 4 aliphatic carbocycles. The van der Waals surface area contributed by atoms with E-state index in [2.05, 4.69) is 414 Å². The Labute approximate surface area is 784 Å². The van der Waals surface area contributed by atoms with Crippen LogP contribution in [0.3, 0.4) is 0 Å². The maximum absolute atomic E-state index is 5.20. The van der Waals surface area contributed by atoms with Crippen LogP contribution in [0.1, 0.15) is 69.5 Å². The molecule has 0 saturated heterocycles. The molecule has 3 aromatic heterocycles. The van der Waals surface area contributed by atoms with Crippen LogP contribution in [-0.4, -0.2) is 44.9 Å². The number of nitrogens with zero attached hydrogens (tertiary/aromatic N) is 9. The fourth-order valence-electron chi connectivity index (χ4n) is 21.0. The summed E-state index contributed by atoms with van der Waals surface area (Å²) < 4.78 is 0. The molecule has 0 amide bonds. The lowest BCUT2D eigenvalue weighted by Crippen LogP contribution is -2.28. The molecule has 0 bridgehead atoms. The first-order valence-corrected chi connectivity index (χ1v) is 46.0. The molecule has 634 valence electrons. The monoisotopic (exact) mass is 1720 g/mol. The molecule has 0 radical (unpaired) electrons. The highest BCUT2D eigenvalue weighted by Gasteiger charge is 2.52. The topological polar surface area (TPSA) is 116 Å². The molecule has 9 nitrogen and oxygen atoms in total. The van der Waals surface area contributed by atoms with Crippen molar-refractivity contribution in [2.24, 2.45) is 0 Å². The number of hydrogen-bond acceptors (Lipinski definition) is 9. The zero-order valence-corrected chi connectivity index (χ0v) is 74.1. The number of hydrogen-bond donors (Lipinski definition) is 0. The minimum Gasteiger partial charge on any atom is -0.208 e. The molecule has 4 aliphatic rings. The first kappa shape index (κ1) is 80.8. The lowest BCUT2D eigenvalue weighted by Gasteiger charge is -2.34. The quantitative estimate of drug-likeness (QED) is 0.111. The van der Waals surface area contributed by atoms with E-state index in [-0.39, 0.29) is 5.41 Å². The van der Waals surface area contributed by atoms with E-state index in [1.165, 1.54) is 111 Å². The van der Waals surface area contributed by atoms with Crippen molar-refractivity contribution in [3.8, 4) is 169 Å². The molecule has 0 N–H and O–H groups in total. The van der Waals surface area contributed by atoms with Crippen molar-refractivity contribution < 1.29 is 0 Å². The Morgan fingerprint density at radius 3 is 0.741 bits per heavy atom. The lowest BCUT2D eigenvalue weighted by molar-refractivity contribution is 0.660. The van der Waals surface area contributed by atoms with Gasteiger partial charge in [0, 0.05) is 55.5 Å². The normalized spacial score (nSPS) is 13.0. The largest absolute Gasteiger partial charge is 0.208 e. The molecular weight excluding hydrogens is 1640 g/mol. The molecule has 0 aliphatic heterocycles.